The van der Waals surface area contributed by atoms with Crippen molar-refractivity contribution in [1.82, 2.24) is 9.21 Å². The van der Waals surface area contributed by atoms with E-state index in [0.29, 0.717) is 13.1 Å². The molecule has 2 rings (SSSR count). The smallest absolute Gasteiger partial charge is 0.308 e. The summed E-state index contributed by atoms with van der Waals surface area (Å²) < 4.78 is 25.4. The second kappa shape index (κ2) is 5.46. The summed E-state index contributed by atoms with van der Waals surface area (Å²) in [6, 6.07) is 0. The van der Waals surface area contributed by atoms with E-state index in [0.717, 1.165) is 12.8 Å². The van der Waals surface area contributed by atoms with E-state index in [2.05, 4.69) is 0 Å². The van der Waals surface area contributed by atoms with Gasteiger partial charge in [-0.25, -0.2) is 12.7 Å². The van der Waals surface area contributed by atoms with Crippen molar-refractivity contribution in [2.24, 2.45) is 5.92 Å². The van der Waals surface area contributed by atoms with E-state index in [-0.39, 0.29) is 31.2 Å². The zero-order valence-electron chi connectivity index (χ0n) is 10.6. The van der Waals surface area contributed by atoms with Crippen LogP contribution >= 0.6 is 0 Å². The summed E-state index contributed by atoms with van der Waals surface area (Å²) in [6.45, 7) is 1.30. The number of hydrogen-bond acceptors (Lipinski definition) is 4. The Labute approximate surface area is 112 Å². The second-order valence-corrected chi connectivity index (χ2v) is 7.09. The third kappa shape index (κ3) is 3.24. The van der Waals surface area contributed by atoms with Crippen LogP contribution in [0.4, 0.5) is 0 Å². The van der Waals surface area contributed by atoms with Crippen molar-refractivity contribution in [2.75, 3.05) is 31.9 Å². The summed E-state index contributed by atoms with van der Waals surface area (Å²) in [5.74, 6) is -2.10. The molecule has 0 aliphatic carbocycles. The van der Waals surface area contributed by atoms with Gasteiger partial charge in [0.2, 0.25) is 15.9 Å². The molecule has 0 aromatic carbocycles. The highest BCUT2D eigenvalue weighted by molar-refractivity contribution is 7.89. The summed E-state index contributed by atoms with van der Waals surface area (Å²) in [6.07, 6.45) is 1.73. The topological polar surface area (TPSA) is 95.0 Å². The van der Waals surface area contributed by atoms with E-state index in [9.17, 15) is 18.0 Å². The molecule has 108 valence electrons. The molecule has 2 fully saturated rings. The summed E-state index contributed by atoms with van der Waals surface area (Å²) in [4.78, 5) is 23.7. The van der Waals surface area contributed by atoms with Crippen LogP contribution in [-0.4, -0.2) is 66.5 Å². The van der Waals surface area contributed by atoms with E-state index in [4.69, 9.17) is 5.11 Å². The number of rotatable bonds is 5. The summed E-state index contributed by atoms with van der Waals surface area (Å²) in [5.41, 5.74) is 0. The highest BCUT2D eigenvalue weighted by Gasteiger charge is 2.35. The van der Waals surface area contributed by atoms with E-state index >= 15 is 0 Å². The lowest BCUT2D eigenvalue weighted by Crippen LogP contribution is -2.37. The van der Waals surface area contributed by atoms with E-state index < -0.39 is 21.9 Å². The Bertz CT molecular complexity index is 469. The van der Waals surface area contributed by atoms with Crippen LogP contribution in [0.25, 0.3) is 0 Å². The molecular formula is C11H18N2O5S. The minimum absolute atomic E-state index is 0.0287. The molecule has 1 N–H and O–H groups in total. The molecule has 0 spiro atoms. The van der Waals surface area contributed by atoms with Crippen LogP contribution in [0.1, 0.15) is 19.3 Å². The molecule has 1 atom stereocenters. The average molecular weight is 290 g/mol. The van der Waals surface area contributed by atoms with Gasteiger partial charge in [-0.1, -0.05) is 0 Å². The van der Waals surface area contributed by atoms with Gasteiger partial charge in [0, 0.05) is 32.6 Å². The highest BCUT2D eigenvalue weighted by Crippen LogP contribution is 2.19. The minimum atomic E-state index is -3.32. The summed E-state index contributed by atoms with van der Waals surface area (Å²) in [5, 5.41) is 8.84. The average Bonchev–Trinajstić information content (AvgIpc) is 2.95. The van der Waals surface area contributed by atoms with Crippen molar-refractivity contribution in [3.63, 3.8) is 0 Å². The van der Waals surface area contributed by atoms with Gasteiger partial charge in [-0.05, 0) is 12.8 Å². The van der Waals surface area contributed by atoms with Gasteiger partial charge in [-0.2, -0.15) is 0 Å². The maximum atomic E-state index is 12.0. The second-order valence-electron chi connectivity index (χ2n) is 5.00. The fraction of sp³-hybridized carbons (Fsp3) is 0.818. The Balaban J connectivity index is 1.88. The molecule has 0 saturated carbocycles. The van der Waals surface area contributed by atoms with Crippen LogP contribution in [-0.2, 0) is 19.6 Å². The van der Waals surface area contributed by atoms with E-state index in [1.807, 2.05) is 0 Å². The largest absolute Gasteiger partial charge is 0.481 e. The Hall–Kier alpha value is -1.15. The molecule has 8 heteroatoms. The van der Waals surface area contributed by atoms with Crippen LogP contribution in [0, 0.1) is 5.92 Å². The molecular weight excluding hydrogens is 272 g/mol. The Morgan fingerprint density at radius 1 is 1.32 bits per heavy atom. The third-order valence-electron chi connectivity index (χ3n) is 3.64. The van der Waals surface area contributed by atoms with E-state index in [1.54, 1.807) is 0 Å². The molecule has 2 heterocycles. The lowest BCUT2D eigenvalue weighted by Gasteiger charge is -2.19. The van der Waals surface area contributed by atoms with Crippen LogP contribution in [0.3, 0.4) is 0 Å². The van der Waals surface area contributed by atoms with Gasteiger partial charge in [0.1, 0.15) is 0 Å². The van der Waals surface area contributed by atoms with Gasteiger partial charge in [0.25, 0.3) is 0 Å². The van der Waals surface area contributed by atoms with Gasteiger partial charge < -0.3 is 10.0 Å². The molecule has 19 heavy (non-hydrogen) atoms. The number of nitrogens with zero attached hydrogens (tertiary/aromatic N) is 2. The number of carboxylic acid groups (broad SMARTS) is 1. The SMILES string of the molecule is O=C(O)[C@@H]1CC(=O)N(CCS(=O)(=O)N2CCCC2)C1. The van der Waals surface area contributed by atoms with Gasteiger partial charge in [-0.3, -0.25) is 9.59 Å². The van der Waals surface area contributed by atoms with Crippen molar-refractivity contribution in [1.29, 1.82) is 0 Å². The van der Waals surface area contributed by atoms with Gasteiger partial charge in [-0.15, -0.1) is 0 Å². The molecule has 2 aliphatic heterocycles. The fourth-order valence-corrected chi connectivity index (χ4v) is 4.00. The normalized spacial score (nSPS) is 25.2. The predicted molar refractivity (Wildman–Crippen MR) is 66.9 cm³/mol. The highest BCUT2D eigenvalue weighted by atomic mass is 32.2. The first-order valence-corrected chi connectivity index (χ1v) is 7.99. The van der Waals surface area contributed by atoms with Gasteiger partial charge >= 0.3 is 5.97 Å². The van der Waals surface area contributed by atoms with Crippen molar-refractivity contribution in [3.05, 3.63) is 0 Å². The maximum absolute atomic E-state index is 12.0. The summed E-state index contributed by atoms with van der Waals surface area (Å²) in [7, 11) is -3.32. The lowest BCUT2D eigenvalue weighted by molar-refractivity contribution is -0.141. The Morgan fingerprint density at radius 2 is 1.95 bits per heavy atom. The number of aliphatic carboxylic acids is 1. The first-order chi connectivity index (χ1) is 8.90. The Morgan fingerprint density at radius 3 is 2.47 bits per heavy atom. The first kappa shape index (κ1) is 14.3. The van der Waals surface area contributed by atoms with Crippen LogP contribution in [0.15, 0.2) is 0 Å². The van der Waals surface area contributed by atoms with Gasteiger partial charge in [0.15, 0.2) is 0 Å². The zero-order chi connectivity index (χ0) is 14.0. The minimum Gasteiger partial charge on any atom is -0.481 e. The fourth-order valence-electron chi connectivity index (χ4n) is 2.47. The van der Waals surface area contributed by atoms with E-state index in [1.165, 1.54) is 9.21 Å². The number of amides is 1. The van der Waals surface area contributed by atoms with Crippen molar-refractivity contribution in [3.8, 4) is 0 Å². The van der Waals surface area contributed by atoms with Crippen molar-refractivity contribution in [2.45, 2.75) is 19.3 Å². The number of likely N-dealkylation sites (tertiary alicyclic amines) is 1. The molecule has 2 aliphatic rings. The molecule has 7 nitrogen and oxygen atoms in total. The monoisotopic (exact) mass is 290 g/mol. The van der Waals surface area contributed by atoms with Crippen molar-refractivity contribution < 1.29 is 23.1 Å². The number of carbonyl (C=O) groups is 2. The van der Waals surface area contributed by atoms with Crippen LogP contribution in [0.2, 0.25) is 0 Å². The molecule has 0 bridgehead atoms. The predicted octanol–water partition coefficient (Wildman–Crippen LogP) is -0.655. The molecule has 1 amide bonds. The van der Waals surface area contributed by atoms with Crippen LogP contribution in [0.5, 0.6) is 0 Å². The molecule has 0 radical (unpaired) electrons. The number of carboxylic acids is 1. The maximum Gasteiger partial charge on any atom is 0.308 e. The number of sulfonamides is 1. The quantitative estimate of drug-likeness (QED) is 0.725. The molecule has 0 aromatic heterocycles. The molecule has 2 saturated heterocycles. The molecule has 0 aromatic rings. The first-order valence-electron chi connectivity index (χ1n) is 6.38. The lowest BCUT2D eigenvalue weighted by atomic mass is 10.1. The molecule has 0 unspecified atom stereocenters. The number of hydrogen-bond donors (Lipinski definition) is 1. The van der Waals surface area contributed by atoms with Crippen LogP contribution < -0.4 is 0 Å². The zero-order valence-corrected chi connectivity index (χ0v) is 11.4. The Kier molecular flexibility index (Phi) is 4.10. The standard InChI is InChI=1S/C11H18N2O5S/c14-10-7-9(11(15)16)8-12(10)5-6-19(17,18)13-3-1-2-4-13/h9H,1-8H2,(H,15,16)/t9-/m1/s1. The van der Waals surface area contributed by atoms with Crippen molar-refractivity contribution >= 4 is 21.9 Å². The number of carbonyl (C=O) groups excluding carboxylic acids is 1. The van der Waals surface area contributed by atoms with Gasteiger partial charge in [0.05, 0.1) is 11.7 Å². The summed E-state index contributed by atoms with van der Waals surface area (Å²) >= 11 is 0. The third-order valence-corrected chi connectivity index (χ3v) is 5.49.